The van der Waals surface area contributed by atoms with E-state index >= 15 is 0 Å². The van der Waals surface area contributed by atoms with Gasteiger partial charge in [-0.05, 0) is 11.8 Å². The van der Waals surface area contributed by atoms with Crippen molar-refractivity contribution in [3.63, 3.8) is 0 Å². The van der Waals surface area contributed by atoms with Gasteiger partial charge in [0.2, 0.25) is 5.89 Å². The average Bonchev–Trinajstić information content (AvgIpc) is 2.52. The second-order valence-electron chi connectivity index (χ2n) is 4.00. The molecule has 1 aliphatic carbocycles. The lowest BCUT2D eigenvalue weighted by atomic mass is 10.1. The third-order valence-electron chi connectivity index (χ3n) is 2.48. The van der Waals surface area contributed by atoms with Crippen LogP contribution >= 0.6 is 0 Å². The Bertz CT molecular complexity index is 292. The van der Waals surface area contributed by atoms with Gasteiger partial charge >= 0.3 is 0 Å². The van der Waals surface area contributed by atoms with Gasteiger partial charge in [-0.2, -0.15) is 4.98 Å². The van der Waals surface area contributed by atoms with Crippen LogP contribution in [0.25, 0.3) is 0 Å². The Morgan fingerprint density at radius 1 is 1.67 bits per heavy atom. The lowest BCUT2D eigenvalue weighted by Gasteiger charge is -1.95. The monoisotopic (exact) mass is 167 g/mol. The Morgan fingerprint density at radius 2 is 2.33 bits per heavy atom. The molecule has 12 heavy (non-hydrogen) atoms. The molecule has 1 aliphatic rings. The normalized spacial score (nSPS) is 25.8. The van der Waals surface area contributed by atoms with E-state index in [0.29, 0.717) is 23.8 Å². The Labute approximate surface area is 71.1 Å². The van der Waals surface area contributed by atoms with Gasteiger partial charge in [0.1, 0.15) is 0 Å². The Kier molecular flexibility index (Phi) is 1.48. The molecule has 1 atom stereocenters. The maximum absolute atomic E-state index is 5.36. The van der Waals surface area contributed by atoms with E-state index in [0.717, 1.165) is 12.2 Å². The summed E-state index contributed by atoms with van der Waals surface area (Å²) in [5.41, 5.74) is 5.71. The van der Waals surface area contributed by atoms with Crippen molar-refractivity contribution in [3.8, 4) is 0 Å². The van der Waals surface area contributed by atoms with Gasteiger partial charge in [0.05, 0.1) is 6.54 Å². The first-order valence-electron chi connectivity index (χ1n) is 4.16. The van der Waals surface area contributed by atoms with Gasteiger partial charge in [-0.15, -0.1) is 0 Å². The largest absolute Gasteiger partial charge is 0.338 e. The molecule has 0 aliphatic heterocycles. The standard InChI is InChI=1S/C8H13N3O/c1-8(2)3-5(8)7-10-6(4-9)12-11-7/h5H,3-4,9H2,1-2H3. The first-order chi connectivity index (χ1) is 5.63. The maximum atomic E-state index is 5.36. The van der Waals surface area contributed by atoms with Gasteiger partial charge in [0, 0.05) is 5.92 Å². The number of nitrogens with zero attached hydrogens (tertiary/aromatic N) is 2. The number of hydrogen-bond acceptors (Lipinski definition) is 4. The smallest absolute Gasteiger partial charge is 0.240 e. The first kappa shape index (κ1) is 7.73. The molecule has 0 radical (unpaired) electrons. The van der Waals surface area contributed by atoms with Crippen molar-refractivity contribution in [3.05, 3.63) is 11.7 Å². The van der Waals surface area contributed by atoms with Crippen LogP contribution < -0.4 is 5.73 Å². The van der Waals surface area contributed by atoms with Gasteiger partial charge < -0.3 is 10.3 Å². The average molecular weight is 167 g/mol. The minimum atomic E-state index is 0.333. The van der Waals surface area contributed by atoms with E-state index < -0.39 is 0 Å². The molecule has 2 rings (SSSR count). The van der Waals surface area contributed by atoms with Gasteiger partial charge in [0.15, 0.2) is 5.82 Å². The summed E-state index contributed by atoms with van der Waals surface area (Å²) in [5.74, 6) is 1.83. The number of aromatic nitrogens is 2. The highest BCUT2D eigenvalue weighted by Crippen LogP contribution is 2.57. The summed E-state index contributed by atoms with van der Waals surface area (Å²) < 4.78 is 4.92. The second-order valence-corrected chi connectivity index (χ2v) is 4.00. The van der Waals surface area contributed by atoms with E-state index in [1.807, 2.05) is 0 Å². The molecule has 4 heteroatoms. The van der Waals surface area contributed by atoms with Crippen LogP contribution in [-0.2, 0) is 6.54 Å². The highest BCUT2D eigenvalue weighted by molar-refractivity contribution is 5.14. The number of nitrogens with two attached hydrogens (primary N) is 1. The number of rotatable bonds is 2. The molecule has 1 fully saturated rings. The molecule has 0 spiro atoms. The van der Waals surface area contributed by atoms with Gasteiger partial charge in [-0.1, -0.05) is 19.0 Å². The fourth-order valence-electron chi connectivity index (χ4n) is 1.40. The molecular weight excluding hydrogens is 154 g/mol. The van der Waals surface area contributed by atoms with Crippen molar-refractivity contribution in [1.82, 2.24) is 10.1 Å². The Balaban J connectivity index is 2.15. The van der Waals surface area contributed by atoms with Crippen molar-refractivity contribution < 1.29 is 4.52 Å². The molecule has 0 bridgehead atoms. The van der Waals surface area contributed by atoms with Crippen LogP contribution in [0, 0.1) is 5.41 Å². The molecule has 1 unspecified atom stereocenters. The zero-order chi connectivity index (χ0) is 8.77. The Hall–Kier alpha value is -0.900. The summed E-state index contributed by atoms with van der Waals surface area (Å²) in [6.07, 6.45) is 1.15. The van der Waals surface area contributed by atoms with E-state index in [1.165, 1.54) is 0 Å². The van der Waals surface area contributed by atoms with Crippen LogP contribution in [0.2, 0.25) is 0 Å². The van der Waals surface area contributed by atoms with E-state index in [9.17, 15) is 0 Å². The fourth-order valence-corrected chi connectivity index (χ4v) is 1.40. The summed E-state index contributed by atoms with van der Waals surface area (Å²) >= 11 is 0. The third-order valence-corrected chi connectivity index (χ3v) is 2.48. The second kappa shape index (κ2) is 2.29. The SMILES string of the molecule is CC1(C)CC1c1noc(CN)n1. The van der Waals surface area contributed by atoms with Crippen LogP contribution in [-0.4, -0.2) is 10.1 Å². The predicted molar refractivity (Wildman–Crippen MR) is 43.3 cm³/mol. The number of hydrogen-bond donors (Lipinski definition) is 1. The quantitative estimate of drug-likeness (QED) is 0.714. The van der Waals surface area contributed by atoms with Gasteiger partial charge in [0.25, 0.3) is 0 Å². The van der Waals surface area contributed by atoms with Crippen molar-refractivity contribution in [1.29, 1.82) is 0 Å². The highest BCUT2D eigenvalue weighted by Gasteiger charge is 2.49. The Morgan fingerprint density at radius 3 is 2.75 bits per heavy atom. The molecule has 4 nitrogen and oxygen atoms in total. The van der Waals surface area contributed by atoms with E-state index in [4.69, 9.17) is 10.3 Å². The van der Waals surface area contributed by atoms with Crippen LogP contribution in [0.1, 0.15) is 37.9 Å². The van der Waals surface area contributed by atoms with Gasteiger partial charge in [-0.3, -0.25) is 0 Å². The molecular formula is C8H13N3O. The fraction of sp³-hybridized carbons (Fsp3) is 0.750. The first-order valence-corrected chi connectivity index (χ1v) is 4.16. The van der Waals surface area contributed by atoms with Crippen molar-refractivity contribution in [2.45, 2.75) is 32.7 Å². The van der Waals surface area contributed by atoms with E-state index in [-0.39, 0.29) is 0 Å². The molecule has 2 N–H and O–H groups in total. The van der Waals surface area contributed by atoms with Crippen LogP contribution in [0.15, 0.2) is 4.52 Å². The lowest BCUT2D eigenvalue weighted by molar-refractivity contribution is 0.373. The van der Waals surface area contributed by atoms with E-state index in [1.54, 1.807) is 0 Å². The van der Waals surface area contributed by atoms with Crippen molar-refractivity contribution in [2.75, 3.05) is 0 Å². The molecule has 1 aromatic rings. The molecule has 1 saturated carbocycles. The summed E-state index contributed by atoms with van der Waals surface area (Å²) in [6, 6.07) is 0. The molecule has 66 valence electrons. The molecule has 0 saturated heterocycles. The van der Waals surface area contributed by atoms with Gasteiger partial charge in [-0.25, -0.2) is 0 Å². The maximum Gasteiger partial charge on any atom is 0.240 e. The van der Waals surface area contributed by atoms with Crippen molar-refractivity contribution in [2.24, 2.45) is 11.1 Å². The summed E-state index contributed by atoms with van der Waals surface area (Å²) in [4.78, 5) is 4.18. The van der Waals surface area contributed by atoms with Crippen LogP contribution in [0.5, 0.6) is 0 Å². The van der Waals surface area contributed by atoms with Crippen LogP contribution in [0.4, 0.5) is 0 Å². The summed E-state index contributed by atoms with van der Waals surface area (Å²) in [5, 5.41) is 3.88. The summed E-state index contributed by atoms with van der Waals surface area (Å²) in [6.45, 7) is 4.74. The highest BCUT2D eigenvalue weighted by atomic mass is 16.5. The van der Waals surface area contributed by atoms with Crippen molar-refractivity contribution >= 4 is 0 Å². The zero-order valence-electron chi connectivity index (χ0n) is 7.37. The zero-order valence-corrected chi connectivity index (χ0v) is 7.37. The van der Waals surface area contributed by atoms with Crippen LogP contribution in [0.3, 0.4) is 0 Å². The topological polar surface area (TPSA) is 64.9 Å². The molecule has 0 aromatic carbocycles. The predicted octanol–water partition coefficient (Wildman–Crippen LogP) is 1.04. The third kappa shape index (κ3) is 1.12. The minimum absolute atomic E-state index is 0.333. The summed E-state index contributed by atoms with van der Waals surface area (Å²) in [7, 11) is 0. The lowest BCUT2D eigenvalue weighted by Crippen LogP contribution is -1.97. The molecule has 0 amide bonds. The minimum Gasteiger partial charge on any atom is -0.338 e. The van der Waals surface area contributed by atoms with E-state index in [2.05, 4.69) is 24.0 Å². The molecule has 1 aromatic heterocycles. The molecule has 1 heterocycles.